The molecule has 0 aliphatic rings. The maximum absolute atomic E-state index is 6.16. The number of aryl methyl sites for hydroxylation is 1. The minimum atomic E-state index is 0.0702. The number of methoxy groups -OCH3 is 2. The van der Waals surface area contributed by atoms with Crippen molar-refractivity contribution < 1.29 is 9.47 Å². The number of aromatic nitrogens is 2. The van der Waals surface area contributed by atoms with Gasteiger partial charge in [-0.3, -0.25) is 4.68 Å². The van der Waals surface area contributed by atoms with Gasteiger partial charge in [0.15, 0.2) is 0 Å². The van der Waals surface area contributed by atoms with Gasteiger partial charge >= 0.3 is 0 Å². The molecule has 0 saturated heterocycles. The first-order valence-corrected chi connectivity index (χ1v) is 6.60. The molecule has 108 valence electrons. The van der Waals surface area contributed by atoms with Crippen molar-refractivity contribution in [1.82, 2.24) is 9.78 Å². The van der Waals surface area contributed by atoms with Crippen molar-refractivity contribution in [3.63, 3.8) is 0 Å². The molecule has 0 fully saturated rings. The van der Waals surface area contributed by atoms with Crippen LogP contribution in [-0.2, 0) is 7.05 Å². The van der Waals surface area contributed by atoms with Gasteiger partial charge in [-0.2, -0.15) is 5.10 Å². The Morgan fingerprint density at radius 1 is 1.25 bits per heavy atom. The molecule has 1 atom stereocenters. The fraction of sp³-hybridized carbons (Fsp3) is 0.357. The Hall–Kier alpha value is -1.88. The summed E-state index contributed by atoms with van der Waals surface area (Å²) < 4.78 is 12.4. The van der Waals surface area contributed by atoms with E-state index in [1.165, 1.54) is 0 Å². The number of hydrogen-bond acceptors (Lipinski definition) is 4. The summed E-state index contributed by atoms with van der Waals surface area (Å²) in [6.45, 7) is 2.05. The van der Waals surface area contributed by atoms with Crippen molar-refractivity contribution in [3.05, 3.63) is 35.1 Å². The molecule has 0 spiro atoms. The first-order chi connectivity index (χ1) is 9.56. The predicted molar refractivity (Wildman–Crippen MR) is 79.8 cm³/mol. The Kier molecular flexibility index (Phi) is 4.39. The lowest BCUT2D eigenvalue weighted by molar-refractivity contribution is 0.395. The number of hydrogen-bond donors (Lipinski definition) is 1. The second kappa shape index (κ2) is 6.05. The van der Waals surface area contributed by atoms with Gasteiger partial charge in [0, 0.05) is 19.3 Å². The van der Waals surface area contributed by atoms with E-state index in [0.717, 1.165) is 11.4 Å². The van der Waals surface area contributed by atoms with Crippen LogP contribution in [0.25, 0.3) is 0 Å². The third kappa shape index (κ3) is 2.82. The van der Waals surface area contributed by atoms with Gasteiger partial charge in [-0.15, -0.1) is 0 Å². The van der Waals surface area contributed by atoms with Gasteiger partial charge < -0.3 is 14.8 Å². The number of nitrogens with zero attached hydrogens (tertiary/aromatic N) is 2. The molecule has 1 unspecified atom stereocenters. The quantitative estimate of drug-likeness (QED) is 0.920. The zero-order chi connectivity index (χ0) is 14.7. The van der Waals surface area contributed by atoms with Crippen LogP contribution in [-0.4, -0.2) is 24.0 Å². The molecule has 0 bridgehead atoms. The van der Waals surface area contributed by atoms with Crippen LogP contribution < -0.4 is 14.8 Å². The number of ether oxygens (including phenoxy) is 2. The van der Waals surface area contributed by atoms with Crippen molar-refractivity contribution >= 4 is 17.3 Å². The lowest BCUT2D eigenvalue weighted by atomic mass is 10.2. The summed E-state index contributed by atoms with van der Waals surface area (Å²) in [5, 5.41) is 8.07. The van der Waals surface area contributed by atoms with Gasteiger partial charge in [0.1, 0.15) is 11.5 Å². The average molecular weight is 296 g/mol. The van der Waals surface area contributed by atoms with Crippen molar-refractivity contribution in [2.75, 3.05) is 19.5 Å². The van der Waals surface area contributed by atoms with Crippen LogP contribution in [0.5, 0.6) is 11.5 Å². The highest BCUT2D eigenvalue weighted by Gasteiger charge is 2.14. The molecule has 0 saturated carbocycles. The molecular weight excluding hydrogens is 278 g/mol. The predicted octanol–water partition coefficient (Wildman–Crippen LogP) is 3.26. The van der Waals surface area contributed by atoms with E-state index in [1.54, 1.807) is 32.5 Å². The number of halogens is 1. The molecule has 20 heavy (non-hydrogen) atoms. The molecular formula is C14H18ClN3O2. The molecule has 0 radical (unpaired) electrons. The summed E-state index contributed by atoms with van der Waals surface area (Å²) in [6, 6.07) is 5.60. The average Bonchev–Trinajstić information content (AvgIpc) is 2.85. The van der Waals surface area contributed by atoms with Crippen molar-refractivity contribution in [3.8, 4) is 11.5 Å². The lowest BCUT2D eigenvalue weighted by Gasteiger charge is -2.19. The highest BCUT2D eigenvalue weighted by molar-refractivity contribution is 6.32. The van der Waals surface area contributed by atoms with Crippen molar-refractivity contribution in [2.45, 2.75) is 13.0 Å². The molecule has 5 nitrogen and oxygen atoms in total. The molecule has 2 rings (SSSR count). The van der Waals surface area contributed by atoms with E-state index in [4.69, 9.17) is 21.1 Å². The van der Waals surface area contributed by atoms with Crippen LogP contribution in [0.4, 0.5) is 5.69 Å². The molecule has 2 aromatic rings. The molecule has 6 heteroatoms. The van der Waals surface area contributed by atoms with Gasteiger partial charge in [0.05, 0.1) is 36.7 Å². The zero-order valence-corrected chi connectivity index (χ0v) is 12.7. The van der Waals surface area contributed by atoms with Crippen LogP contribution in [0, 0.1) is 0 Å². The number of benzene rings is 1. The van der Waals surface area contributed by atoms with E-state index in [1.807, 2.05) is 17.8 Å². The second-order valence-corrected chi connectivity index (χ2v) is 4.84. The lowest BCUT2D eigenvalue weighted by Crippen LogP contribution is -2.12. The summed E-state index contributed by atoms with van der Waals surface area (Å²) in [4.78, 5) is 0. The summed E-state index contributed by atoms with van der Waals surface area (Å²) in [5.74, 6) is 1.27. The number of anilines is 1. The molecule has 1 aromatic heterocycles. The Morgan fingerprint density at radius 2 is 1.95 bits per heavy atom. The molecule has 1 heterocycles. The fourth-order valence-electron chi connectivity index (χ4n) is 2.09. The van der Waals surface area contributed by atoms with Gasteiger partial charge in [-0.1, -0.05) is 11.6 Å². The first-order valence-electron chi connectivity index (χ1n) is 6.22. The van der Waals surface area contributed by atoms with E-state index >= 15 is 0 Å². The Balaban J connectivity index is 2.29. The van der Waals surface area contributed by atoms with E-state index in [0.29, 0.717) is 16.5 Å². The highest BCUT2D eigenvalue weighted by Crippen LogP contribution is 2.37. The summed E-state index contributed by atoms with van der Waals surface area (Å²) in [6.07, 6.45) is 1.77. The Morgan fingerprint density at radius 3 is 2.50 bits per heavy atom. The van der Waals surface area contributed by atoms with Crippen molar-refractivity contribution in [2.24, 2.45) is 7.05 Å². The van der Waals surface area contributed by atoms with E-state index in [-0.39, 0.29) is 6.04 Å². The van der Waals surface area contributed by atoms with E-state index in [2.05, 4.69) is 17.3 Å². The zero-order valence-electron chi connectivity index (χ0n) is 12.0. The third-order valence-corrected chi connectivity index (χ3v) is 3.44. The van der Waals surface area contributed by atoms with E-state index < -0.39 is 0 Å². The summed E-state index contributed by atoms with van der Waals surface area (Å²) in [7, 11) is 5.10. The highest BCUT2D eigenvalue weighted by atomic mass is 35.5. The van der Waals surface area contributed by atoms with Crippen molar-refractivity contribution in [1.29, 1.82) is 0 Å². The van der Waals surface area contributed by atoms with Crippen LogP contribution in [0.3, 0.4) is 0 Å². The van der Waals surface area contributed by atoms with E-state index in [9.17, 15) is 0 Å². The van der Waals surface area contributed by atoms with Gasteiger partial charge in [-0.25, -0.2) is 0 Å². The first kappa shape index (κ1) is 14.5. The summed E-state index contributed by atoms with van der Waals surface area (Å²) >= 11 is 6.16. The van der Waals surface area contributed by atoms with Crippen LogP contribution in [0.2, 0.25) is 5.02 Å². The number of nitrogens with one attached hydrogen (secondary N) is 1. The van der Waals surface area contributed by atoms with Crippen LogP contribution in [0.15, 0.2) is 24.4 Å². The van der Waals surface area contributed by atoms with Gasteiger partial charge in [0.2, 0.25) is 0 Å². The smallest absolute Gasteiger partial charge is 0.145 e. The maximum atomic E-state index is 6.16. The van der Waals surface area contributed by atoms with Crippen LogP contribution >= 0.6 is 11.6 Å². The molecule has 1 N–H and O–H groups in total. The third-order valence-electron chi connectivity index (χ3n) is 3.15. The minimum absolute atomic E-state index is 0.0702. The standard InChI is InChI=1S/C14H18ClN3O2/c1-9(12-5-6-16-18(12)2)17-11-7-10(15)13(19-3)8-14(11)20-4/h5-9,17H,1-4H3. The largest absolute Gasteiger partial charge is 0.495 e. The van der Waals surface area contributed by atoms with Gasteiger partial charge in [-0.05, 0) is 19.1 Å². The Bertz CT molecular complexity index is 598. The van der Waals surface area contributed by atoms with Crippen LogP contribution in [0.1, 0.15) is 18.7 Å². The molecule has 0 aliphatic carbocycles. The molecule has 1 aromatic carbocycles. The fourth-order valence-corrected chi connectivity index (χ4v) is 2.33. The SMILES string of the molecule is COc1cc(OC)c(NC(C)c2ccnn2C)cc1Cl. The van der Waals surface area contributed by atoms with Gasteiger partial charge in [0.25, 0.3) is 0 Å². The topological polar surface area (TPSA) is 48.3 Å². The normalized spacial score (nSPS) is 12.1. The Labute approximate surface area is 123 Å². The maximum Gasteiger partial charge on any atom is 0.145 e. The second-order valence-electron chi connectivity index (χ2n) is 4.43. The number of rotatable bonds is 5. The minimum Gasteiger partial charge on any atom is -0.495 e. The monoisotopic (exact) mass is 295 g/mol. The summed E-state index contributed by atoms with van der Waals surface area (Å²) in [5.41, 5.74) is 1.88. The molecule has 0 aliphatic heterocycles. The molecule has 0 amide bonds.